The second-order valence-corrected chi connectivity index (χ2v) is 4.70. The molecule has 0 N–H and O–H groups in total. The van der Waals surface area contributed by atoms with Crippen LogP contribution in [0.5, 0.6) is 0 Å². The fourth-order valence-electron chi connectivity index (χ4n) is 1.80. The highest BCUT2D eigenvalue weighted by Crippen LogP contribution is 2.20. The Hall–Kier alpha value is -0.910. The predicted octanol–water partition coefficient (Wildman–Crippen LogP) is 2.59. The zero-order chi connectivity index (χ0) is 12.3. The van der Waals surface area contributed by atoms with E-state index in [1.54, 1.807) is 12.1 Å². The van der Waals surface area contributed by atoms with E-state index in [9.17, 15) is 4.79 Å². The number of benzene rings is 1. The van der Waals surface area contributed by atoms with E-state index in [1.165, 1.54) is 12.2 Å². The smallest absolute Gasteiger partial charge is 0.279 e. The van der Waals surface area contributed by atoms with E-state index in [4.69, 9.17) is 9.57 Å². The van der Waals surface area contributed by atoms with Crippen LogP contribution in [0.25, 0.3) is 0 Å². The summed E-state index contributed by atoms with van der Waals surface area (Å²) in [7, 11) is 1.48. The van der Waals surface area contributed by atoms with Gasteiger partial charge in [0.2, 0.25) is 0 Å². The summed E-state index contributed by atoms with van der Waals surface area (Å²) >= 11 is 3.33. The average Bonchev–Trinajstić information content (AvgIpc) is 2.84. The lowest BCUT2D eigenvalue weighted by molar-refractivity contribution is -0.186. The molecule has 1 amide bonds. The lowest BCUT2D eigenvalue weighted by Crippen LogP contribution is -2.39. The fourth-order valence-corrected chi connectivity index (χ4v) is 2.06. The number of amides is 1. The highest BCUT2D eigenvalue weighted by Gasteiger charge is 2.28. The van der Waals surface area contributed by atoms with E-state index in [0.29, 0.717) is 12.2 Å². The zero-order valence-electron chi connectivity index (χ0n) is 9.56. The number of ether oxygens (including phenoxy) is 1. The van der Waals surface area contributed by atoms with Crippen LogP contribution in [0.2, 0.25) is 0 Å². The standard InChI is InChI=1S/C12H14BrNO3/c1-16-14(11-3-2-8-17-11)12(15)9-4-6-10(13)7-5-9/h4-7,11H,2-3,8H2,1H3/t11-/m1/s1. The van der Waals surface area contributed by atoms with E-state index in [1.807, 2.05) is 12.1 Å². The molecule has 0 spiro atoms. The van der Waals surface area contributed by atoms with Crippen molar-refractivity contribution in [1.82, 2.24) is 5.06 Å². The maximum atomic E-state index is 12.2. The lowest BCUT2D eigenvalue weighted by Gasteiger charge is -2.25. The van der Waals surface area contributed by atoms with Crippen LogP contribution in [-0.2, 0) is 9.57 Å². The minimum absolute atomic E-state index is 0.174. The van der Waals surface area contributed by atoms with Gasteiger partial charge in [0.15, 0.2) is 6.23 Å². The summed E-state index contributed by atoms with van der Waals surface area (Å²) in [6.07, 6.45) is 1.50. The number of nitrogens with zero attached hydrogens (tertiary/aromatic N) is 1. The first-order valence-electron chi connectivity index (χ1n) is 5.47. The van der Waals surface area contributed by atoms with Crippen LogP contribution in [0.1, 0.15) is 23.2 Å². The Labute approximate surface area is 109 Å². The Kier molecular flexibility index (Phi) is 4.15. The largest absolute Gasteiger partial charge is 0.356 e. The first kappa shape index (κ1) is 12.5. The van der Waals surface area contributed by atoms with Gasteiger partial charge in [-0.25, -0.2) is 0 Å². The van der Waals surface area contributed by atoms with Crippen molar-refractivity contribution in [2.24, 2.45) is 0 Å². The molecule has 17 heavy (non-hydrogen) atoms. The predicted molar refractivity (Wildman–Crippen MR) is 66.3 cm³/mol. The minimum atomic E-state index is -0.267. The van der Waals surface area contributed by atoms with Gasteiger partial charge >= 0.3 is 0 Å². The van der Waals surface area contributed by atoms with Gasteiger partial charge in [-0.1, -0.05) is 15.9 Å². The van der Waals surface area contributed by atoms with Crippen molar-refractivity contribution in [2.75, 3.05) is 13.7 Å². The molecular formula is C12H14BrNO3. The molecule has 0 radical (unpaired) electrons. The number of carbonyl (C=O) groups is 1. The van der Waals surface area contributed by atoms with E-state index < -0.39 is 0 Å². The van der Waals surface area contributed by atoms with Crippen LogP contribution < -0.4 is 0 Å². The molecule has 0 aliphatic carbocycles. The number of carbonyl (C=O) groups excluding carboxylic acids is 1. The molecule has 1 heterocycles. The monoisotopic (exact) mass is 299 g/mol. The third-order valence-electron chi connectivity index (χ3n) is 2.66. The summed E-state index contributed by atoms with van der Waals surface area (Å²) in [5, 5.41) is 1.30. The second-order valence-electron chi connectivity index (χ2n) is 3.79. The second kappa shape index (κ2) is 5.62. The SMILES string of the molecule is CON(C(=O)c1ccc(Br)cc1)[C@H]1CCCO1. The molecule has 1 saturated heterocycles. The molecule has 0 unspecified atom stereocenters. The van der Waals surface area contributed by atoms with E-state index >= 15 is 0 Å². The van der Waals surface area contributed by atoms with Crippen molar-refractivity contribution < 1.29 is 14.4 Å². The highest BCUT2D eigenvalue weighted by atomic mass is 79.9. The molecule has 0 aromatic heterocycles. The van der Waals surface area contributed by atoms with Crippen LogP contribution in [0, 0.1) is 0 Å². The van der Waals surface area contributed by atoms with Crippen molar-refractivity contribution in [2.45, 2.75) is 19.1 Å². The van der Waals surface area contributed by atoms with Gasteiger partial charge in [-0.2, -0.15) is 5.06 Å². The molecule has 1 aliphatic rings. The Morgan fingerprint density at radius 1 is 1.47 bits per heavy atom. The molecule has 92 valence electrons. The number of hydrogen-bond acceptors (Lipinski definition) is 3. The van der Waals surface area contributed by atoms with Crippen LogP contribution in [0.15, 0.2) is 28.7 Å². The molecule has 1 aliphatic heterocycles. The molecule has 1 aromatic rings. The van der Waals surface area contributed by atoms with Crippen molar-refractivity contribution in [3.05, 3.63) is 34.3 Å². The molecule has 0 saturated carbocycles. The van der Waals surface area contributed by atoms with Gasteiger partial charge in [-0.15, -0.1) is 0 Å². The van der Waals surface area contributed by atoms with E-state index in [2.05, 4.69) is 15.9 Å². The molecule has 1 aromatic carbocycles. The number of hydroxylamine groups is 2. The van der Waals surface area contributed by atoms with Crippen LogP contribution in [0.4, 0.5) is 0 Å². The third kappa shape index (κ3) is 2.86. The molecule has 1 fully saturated rings. The fraction of sp³-hybridized carbons (Fsp3) is 0.417. The Morgan fingerprint density at radius 2 is 2.18 bits per heavy atom. The molecule has 0 bridgehead atoms. The summed E-state index contributed by atoms with van der Waals surface area (Å²) in [6, 6.07) is 7.17. The van der Waals surface area contributed by atoms with Crippen LogP contribution in [-0.4, -0.2) is 30.9 Å². The lowest BCUT2D eigenvalue weighted by atomic mass is 10.2. The molecule has 4 nitrogen and oxygen atoms in total. The zero-order valence-corrected chi connectivity index (χ0v) is 11.1. The first-order valence-corrected chi connectivity index (χ1v) is 6.26. The van der Waals surface area contributed by atoms with Gasteiger partial charge in [0, 0.05) is 16.6 Å². The van der Waals surface area contributed by atoms with Crippen LogP contribution >= 0.6 is 15.9 Å². The van der Waals surface area contributed by atoms with E-state index in [-0.39, 0.29) is 12.1 Å². The number of hydrogen-bond donors (Lipinski definition) is 0. The van der Waals surface area contributed by atoms with Crippen LogP contribution in [0.3, 0.4) is 0 Å². The van der Waals surface area contributed by atoms with Gasteiger partial charge in [0.1, 0.15) is 0 Å². The number of rotatable bonds is 3. The summed E-state index contributed by atoms with van der Waals surface area (Å²) in [5.41, 5.74) is 0.588. The van der Waals surface area contributed by atoms with Gasteiger partial charge in [0.25, 0.3) is 5.91 Å². The van der Waals surface area contributed by atoms with Gasteiger partial charge in [0.05, 0.1) is 7.11 Å². The molecule has 1 atom stereocenters. The summed E-state index contributed by atoms with van der Waals surface area (Å²) in [6.45, 7) is 0.679. The van der Waals surface area contributed by atoms with Gasteiger partial charge < -0.3 is 4.74 Å². The molecule has 2 rings (SSSR count). The quantitative estimate of drug-likeness (QED) is 0.805. The minimum Gasteiger partial charge on any atom is -0.356 e. The van der Waals surface area contributed by atoms with Crippen molar-refractivity contribution >= 4 is 21.8 Å². The molecule has 5 heteroatoms. The topological polar surface area (TPSA) is 38.8 Å². The summed E-state index contributed by atoms with van der Waals surface area (Å²) < 4.78 is 6.38. The first-order chi connectivity index (χ1) is 8.22. The van der Waals surface area contributed by atoms with Gasteiger partial charge in [-0.3, -0.25) is 9.63 Å². The maximum Gasteiger partial charge on any atom is 0.279 e. The molecular weight excluding hydrogens is 286 g/mol. The Bertz CT molecular complexity index is 387. The van der Waals surface area contributed by atoms with Crippen molar-refractivity contribution in [1.29, 1.82) is 0 Å². The van der Waals surface area contributed by atoms with E-state index in [0.717, 1.165) is 17.3 Å². The third-order valence-corrected chi connectivity index (χ3v) is 3.18. The highest BCUT2D eigenvalue weighted by molar-refractivity contribution is 9.10. The summed E-state index contributed by atoms with van der Waals surface area (Å²) in [5.74, 6) is -0.174. The van der Waals surface area contributed by atoms with Gasteiger partial charge in [-0.05, 0) is 37.1 Å². The van der Waals surface area contributed by atoms with Crippen molar-refractivity contribution in [3.63, 3.8) is 0 Å². The normalized spacial score (nSPS) is 19.3. The van der Waals surface area contributed by atoms with Crippen molar-refractivity contribution in [3.8, 4) is 0 Å². The Balaban J connectivity index is 2.13. The average molecular weight is 300 g/mol. The number of halogens is 1. The summed E-state index contributed by atoms with van der Waals surface area (Å²) in [4.78, 5) is 17.3. The maximum absolute atomic E-state index is 12.2. The Morgan fingerprint density at radius 3 is 2.71 bits per heavy atom.